The molecule has 1 atom stereocenters. The van der Waals surface area contributed by atoms with E-state index >= 15 is 0 Å². The largest absolute Gasteiger partial charge is 0.383 e. The minimum atomic E-state index is -1.17. The van der Waals surface area contributed by atoms with E-state index in [1.165, 1.54) is 0 Å². The molecule has 112 valence electrons. The highest BCUT2D eigenvalue weighted by Crippen LogP contribution is 2.21. The lowest BCUT2D eigenvalue weighted by Crippen LogP contribution is -2.37. The average Bonchev–Trinajstić information content (AvgIpc) is 2.35. The number of methoxy groups -OCH3 is 1. The predicted molar refractivity (Wildman–Crippen MR) is 70.4 cm³/mol. The van der Waals surface area contributed by atoms with Crippen LogP contribution in [-0.4, -0.2) is 24.7 Å². The summed E-state index contributed by atoms with van der Waals surface area (Å²) in [6.07, 6.45) is 0. The molecule has 0 aromatic heterocycles. The molecule has 0 bridgehead atoms. The lowest BCUT2D eigenvalue weighted by Gasteiger charge is -2.21. The minimum absolute atomic E-state index is 0.0245. The number of nitrogens with zero attached hydrogens (tertiary/aromatic N) is 1. The third kappa shape index (κ3) is 4.21. The number of nitro benzene ring substituents is 1. The molecule has 0 aliphatic heterocycles. The highest BCUT2D eigenvalue weighted by atomic mass is 19.1. The maximum atomic E-state index is 13.6. The molecule has 0 aliphatic rings. The predicted octanol–water partition coefficient (Wildman–Crippen LogP) is 2.63. The SMILES string of the molecule is COCC(NCc1cc([N+](=O)[O-])c(F)cc1F)C(C)C. The topological polar surface area (TPSA) is 64.4 Å². The zero-order valence-corrected chi connectivity index (χ0v) is 11.7. The van der Waals surface area contributed by atoms with Gasteiger partial charge in [-0.1, -0.05) is 13.8 Å². The summed E-state index contributed by atoms with van der Waals surface area (Å²) >= 11 is 0. The standard InChI is InChI=1S/C13H18F2N2O3/c1-8(2)12(7-20-3)16-6-9-4-13(17(18)19)11(15)5-10(9)14/h4-5,8,12,16H,6-7H2,1-3H3. The second kappa shape index (κ2) is 7.25. The smallest absolute Gasteiger partial charge is 0.305 e. The first-order valence-electron chi connectivity index (χ1n) is 6.21. The monoisotopic (exact) mass is 288 g/mol. The summed E-state index contributed by atoms with van der Waals surface area (Å²) in [6, 6.07) is 1.43. The fourth-order valence-corrected chi connectivity index (χ4v) is 1.76. The molecule has 0 saturated carbocycles. The van der Waals surface area contributed by atoms with Crippen molar-refractivity contribution in [1.82, 2.24) is 5.32 Å². The Morgan fingerprint density at radius 3 is 2.50 bits per heavy atom. The molecule has 1 N–H and O–H groups in total. The summed E-state index contributed by atoms with van der Waals surface area (Å²) in [6.45, 7) is 4.45. The van der Waals surface area contributed by atoms with Crippen LogP contribution >= 0.6 is 0 Å². The summed E-state index contributed by atoms with van der Waals surface area (Å²) in [5, 5.41) is 13.7. The van der Waals surface area contributed by atoms with Crippen molar-refractivity contribution < 1.29 is 18.4 Å². The molecule has 7 heteroatoms. The Balaban J connectivity index is 2.86. The minimum Gasteiger partial charge on any atom is -0.383 e. The molecule has 0 spiro atoms. The van der Waals surface area contributed by atoms with Gasteiger partial charge in [0.1, 0.15) is 5.82 Å². The Morgan fingerprint density at radius 1 is 1.35 bits per heavy atom. The first-order valence-corrected chi connectivity index (χ1v) is 6.21. The van der Waals surface area contributed by atoms with E-state index in [4.69, 9.17) is 4.74 Å². The van der Waals surface area contributed by atoms with Crippen LogP contribution in [0.2, 0.25) is 0 Å². The van der Waals surface area contributed by atoms with Gasteiger partial charge in [-0.15, -0.1) is 0 Å². The van der Waals surface area contributed by atoms with Crippen LogP contribution in [0.1, 0.15) is 19.4 Å². The number of hydrogen-bond acceptors (Lipinski definition) is 4. The van der Waals surface area contributed by atoms with Crippen LogP contribution in [0, 0.1) is 27.7 Å². The fraction of sp³-hybridized carbons (Fsp3) is 0.538. The third-order valence-electron chi connectivity index (χ3n) is 3.02. The van der Waals surface area contributed by atoms with Crippen molar-refractivity contribution in [2.75, 3.05) is 13.7 Å². The molecule has 1 aromatic carbocycles. The van der Waals surface area contributed by atoms with Crippen LogP contribution in [-0.2, 0) is 11.3 Å². The van der Waals surface area contributed by atoms with Crippen molar-refractivity contribution >= 4 is 5.69 Å². The van der Waals surface area contributed by atoms with E-state index in [0.29, 0.717) is 12.7 Å². The van der Waals surface area contributed by atoms with Crippen LogP contribution in [0.3, 0.4) is 0 Å². The van der Waals surface area contributed by atoms with E-state index in [2.05, 4.69) is 5.32 Å². The number of nitro groups is 1. The third-order valence-corrected chi connectivity index (χ3v) is 3.02. The molecular weight excluding hydrogens is 270 g/mol. The number of rotatable bonds is 7. The highest BCUT2D eigenvalue weighted by molar-refractivity contribution is 5.37. The normalized spacial score (nSPS) is 12.7. The van der Waals surface area contributed by atoms with Crippen molar-refractivity contribution in [2.24, 2.45) is 5.92 Å². The zero-order chi connectivity index (χ0) is 15.3. The van der Waals surface area contributed by atoms with Gasteiger partial charge in [0.15, 0.2) is 0 Å². The van der Waals surface area contributed by atoms with Gasteiger partial charge in [0.05, 0.1) is 11.5 Å². The van der Waals surface area contributed by atoms with Crippen molar-refractivity contribution in [2.45, 2.75) is 26.4 Å². The molecule has 1 rings (SSSR count). The average molecular weight is 288 g/mol. The summed E-state index contributed by atoms with van der Waals surface area (Å²) in [7, 11) is 1.56. The summed E-state index contributed by atoms with van der Waals surface area (Å²) in [5.74, 6) is -1.73. The Hall–Kier alpha value is -1.60. The van der Waals surface area contributed by atoms with Gasteiger partial charge >= 0.3 is 5.69 Å². The van der Waals surface area contributed by atoms with Gasteiger partial charge in [-0.3, -0.25) is 10.1 Å². The lowest BCUT2D eigenvalue weighted by molar-refractivity contribution is -0.387. The van der Waals surface area contributed by atoms with Crippen molar-refractivity contribution in [3.8, 4) is 0 Å². The molecule has 1 aromatic rings. The molecule has 0 saturated heterocycles. The van der Waals surface area contributed by atoms with E-state index in [1.807, 2.05) is 13.8 Å². The first-order chi connectivity index (χ1) is 9.36. The summed E-state index contributed by atoms with van der Waals surface area (Å²) < 4.78 is 31.8. The molecule has 20 heavy (non-hydrogen) atoms. The Morgan fingerprint density at radius 2 is 2.00 bits per heavy atom. The second-order valence-corrected chi connectivity index (χ2v) is 4.84. The van der Waals surface area contributed by atoms with E-state index in [0.717, 1.165) is 6.07 Å². The van der Waals surface area contributed by atoms with E-state index in [-0.39, 0.29) is 24.1 Å². The van der Waals surface area contributed by atoms with Crippen molar-refractivity contribution in [1.29, 1.82) is 0 Å². The quantitative estimate of drug-likeness (QED) is 0.619. The Kier molecular flexibility index (Phi) is 5.97. The number of halogens is 2. The van der Waals surface area contributed by atoms with Gasteiger partial charge in [0.2, 0.25) is 5.82 Å². The number of ether oxygens (including phenoxy) is 1. The van der Waals surface area contributed by atoms with Gasteiger partial charge in [-0.25, -0.2) is 4.39 Å². The van der Waals surface area contributed by atoms with Crippen LogP contribution in [0.4, 0.5) is 14.5 Å². The molecule has 1 unspecified atom stereocenters. The molecule has 0 fully saturated rings. The molecular formula is C13H18F2N2O3. The highest BCUT2D eigenvalue weighted by Gasteiger charge is 2.19. The van der Waals surface area contributed by atoms with Crippen LogP contribution in [0.5, 0.6) is 0 Å². The molecule has 5 nitrogen and oxygen atoms in total. The number of nitrogens with one attached hydrogen (secondary N) is 1. The van der Waals surface area contributed by atoms with Gasteiger partial charge in [0, 0.05) is 37.4 Å². The molecule has 0 radical (unpaired) electrons. The molecule has 0 amide bonds. The van der Waals surface area contributed by atoms with E-state index < -0.39 is 22.2 Å². The van der Waals surface area contributed by atoms with E-state index in [1.54, 1.807) is 7.11 Å². The fourth-order valence-electron chi connectivity index (χ4n) is 1.76. The summed E-state index contributed by atoms with van der Waals surface area (Å²) in [4.78, 5) is 9.77. The molecule has 0 heterocycles. The molecule has 0 aliphatic carbocycles. The van der Waals surface area contributed by atoms with Gasteiger partial charge in [-0.2, -0.15) is 4.39 Å². The Bertz CT molecular complexity index is 481. The zero-order valence-electron chi connectivity index (χ0n) is 11.7. The van der Waals surface area contributed by atoms with Gasteiger partial charge in [0.25, 0.3) is 0 Å². The van der Waals surface area contributed by atoms with Gasteiger partial charge in [-0.05, 0) is 5.92 Å². The number of hydrogen-bond donors (Lipinski definition) is 1. The van der Waals surface area contributed by atoms with E-state index in [9.17, 15) is 18.9 Å². The Labute approximate surface area is 116 Å². The van der Waals surface area contributed by atoms with Crippen molar-refractivity contribution in [3.05, 3.63) is 39.4 Å². The van der Waals surface area contributed by atoms with Crippen molar-refractivity contribution in [3.63, 3.8) is 0 Å². The summed E-state index contributed by atoms with van der Waals surface area (Å²) in [5.41, 5.74) is -0.670. The maximum absolute atomic E-state index is 13.6. The number of benzene rings is 1. The van der Waals surface area contributed by atoms with Crippen LogP contribution in [0.15, 0.2) is 12.1 Å². The first kappa shape index (κ1) is 16.5. The second-order valence-electron chi connectivity index (χ2n) is 4.84. The van der Waals surface area contributed by atoms with Gasteiger partial charge < -0.3 is 10.1 Å². The van der Waals surface area contributed by atoms with Crippen LogP contribution < -0.4 is 5.32 Å². The van der Waals surface area contributed by atoms with Crippen LogP contribution in [0.25, 0.3) is 0 Å². The lowest BCUT2D eigenvalue weighted by atomic mass is 10.0. The maximum Gasteiger partial charge on any atom is 0.305 e.